The second kappa shape index (κ2) is 7.50. The third-order valence-electron chi connectivity index (χ3n) is 7.28. The molecule has 3 atom stereocenters. The van der Waals surface area contributed by atoms with Gasteiger partial charge >= 0.3 is 5.97 Å². The molecule has 0 spiro atoms. The van der Waals surface area contributed by atoms with Crippen molar-refractivity contribution < 1.29 is 15.0 Å². The summed E-state index contributed by atoms with van der Waals surface area (Å²) in [5.41, 5.74) is 2.54. The Morgan fingerprint density at radius 3 is 2.59 bits per heavy atom. The number of fused-ring (bicyclic) bond motifs is 2. The first-order valence-corrected chi connectivity index (χ1v) is 11.0. The van der Waals surface area contributed by atoms with Crippen LogP contribution in [0, 0.1) is 11.8 Å². The molecule has 8 nitrogen and oxygen atoms in total. The van der Waals surface area contributed by atoms with E-state index in [1.54, 1.807) is 0 Å². The van der Waals surface area contributed by atoms with Crippen molar-refractivity contribution in [3.63, 3.8) is 0 Å². The van der Waals surface area contributed by atoms with Crippen molar-refractivity contribution in [2.24, 2.45) is 18.9 Å². The molecule has 8 heteroatoms. The molecule has 3 heterocycles. The number of aromatic hydroxyl groups is 1. The summed E-state index contributed by atoms with van der Waals surface area (Å²) in [5.74, 6) is -0.354. The van der Waals surface area contributed by atoms with E-state index in [1.807, 2.05) is 32.2 Å². The summed E-state index contributed by atoms with van der Waals surface area (Å²) >= 11 is 0. The Morgan fingerprint density at radius 1 is 1.25 bits per heavy atom. The summed E-state index contributed by atoms with van der Waals surface area (Å²) in [7, 11) is 4.11. The molecule has 2 aromatic heterocycles. The number of hydrogen-bond donors (Lipinski definition) is 4. The molecule has 0 bridgehead atoms. The first-order chi connectivity index (χ1) is 15.3. The first-order valence-electron chi connectivity index (χ1n) is 11.0. The van der Waals surface area contributed by atoms with Gasteiger partial charge in [0.15, 0.2) is 5.56 Å². The second-order valence-corrected chi connectivity index (χ2v) is 8.99. The number of aryl methyl sites for hydroxylation is 1. The van der Waals surface area contributed by atoms with Crippen LogP contribution in [0.4, 0.5) is 0 Å². The van der Waals surface area contributed by atoms with Crippen molar-refractivity contribution in [3.05, 3.63) is 51.4 Å². The van der Waals surface area contributed by atoms with Crippen LogP contribution < -0.4 is 10.9 Å². The number of H-pyrrole nitrogens is 1. The number of benzene rings is 1. The zero-order valence-corrected chi connectivity index (χ0v) is 18.5. The van der Waals surface area contributed by atoms with Crippen molar-refractivity contribution in [1.29, 1.82) is 0 Å². The molecule has 2 fully saturated rings. The lowest BCUT2D eigenvalue weighted by atomic mass is 9.99. The van der Waals surface area contributed by atoms with Crippen LogP contribution in [-0.2, 0) is 20.0 Å². The molecule has 1 aliphatic heterocycles. The molecule has 2 aliphatic rings. The van der Waals surface area contributed by atoms with Gasteiger partial charge < -0.3 is 25.1 Å². The Labute approximate surface area is 185 Å². The zero-order valence-electron chi connectivity index (χ0n) is 18.5. The van der Waals surface area contributed by atoms with Gasteiger partial charge in [-0.2, -0.15) is 0 Å². The molecule has 4 N–H and O–H groups in total. The highest BCUT2D eigenvalue weighted by molar-refractivity contribution is 5.92. The lowest BCUT2D eigenvalue weighted by molar-refractivity contribution is 0.0691. The van der Waals surface area contributed by atoms with E-state index in [0.29, 0.717) is 23.7 Å². The van der Waals surface area contributed by atoms with E-state index in [2.05, 4.69) is 32.9 Å². The van der Waals surface area contributed by atoms with Crippen LogP contribution in [0.15, 0.2) is 29.1 Å². The first kappa shape index (κ1) is 20.8. The average Bonchev–Trinajstić information content (AvgIpc) is 3.07. The van der Waals surface area contributed by atoms with E-state index in [0.717, 1.165) is 47.9 Å². The number of carboxylic acid groups (broad SMARTS) is 1. The van der Waals surface area contributed by atoms with Gasteiger partial charge in [0.05, 0.1) is 5.69 Å². The lowest BCUT2D eigenvalue weighted by Crippen LogP contribution is -2.29. The number of likely N-dealkylation sites (tertiary alicyclic amines) is 1. The topological polar surface area (TPSA) is 111 Å². The molecule has 5 rings (SSSR count). The maximum absolute atomic E-state index is 12.3. The minimum absolute atomic E-state index is 0.390. The van der Waals surface area contributed by atoms with Gasteiger partial charge in [-0.25, -0.2) is 4.79 Å². The number of aromatic carboxylic acids is 1. The van der Waals surface area contributed by atoms with Gasteiger partial charge in [0.2, 0.25) is 0 Å². The van der Waals surface area contributed by atoms with Crippen LogP contribution in [0.2, 0.25) is 0 Å². The van der Waals surface area contributed by atoms with Crippen LogP contribution in [0.25, 0.3) is 22.2 Å². The Morgan fingerprint density at radius 2 is 1.97 bits per heavy atom. The van der Waals surface area contributed by atoms with Crippen LogP contribution >= 0.6 is 0 Å². The number of aromatic nitrogens is 2. The maximum Gasteiger partial charge on any atom is 0.345 e. The van der Waals surface area contributed by atoms with Gasteiger partial charge in [0.25, 0.3) is 5.56 Å². The molecule has 1 saturated heterocycles. The SMILES string of the molecule is CCc1c(-c2ccc3c(c2)cc(CN2C[C@@H]4C(NC)[C@@H]4C2)n3C)[nH]c(=O)c(C(=O)O)c1O. The number of piperidine rings is 1. The lowest BCUT2D eigenvalue weighted by Gasteiger charge is -2.19. The fourth-order valence-corrected chi connectivity index (χ4v) is 5.53. The van der Waals surface area contributed by atoms with E-state index in [9.17, 15) is 19.8 Å². The third-order valence-corrected chi connectivity index (χ3v) is 7.28. The van der Waals surface area contributed by atoms with E-state index >= 15 is 0 Å². The van der Waals surface area contributed by atoms with Crippen molar-refractivity contribution in [2.45, 2.75) is 25.9 Å². The molecule has 1 unspecified atom stereocenters. The average molecular weight is 437 g/mol. The molecule has 32 heavy (non-hydrogen) atoms. The Balaban J connectivity index is 1.48. The number of nitrogens with zero attached hydrogens (tertiary/aromatic N) is 2. The van der Waals surface area contributed by atoms with Gasteiger partial charge in [0.1, 0.15) is 5.75 Å². The van der Waals surface area contributed by atoms with Gasteiger partial charge in [-0.05, 0) is 49.1 Å². The highest BCUT2D eigenvalue weighted by Gasteiger charge is 2.54. The monoisotopic (exact) mass is 436 g/mol. The predicted molar refractivity (Wildman–Crippen MR) is 122 cm³/mol. The number of aromatic amines is 1. The Bertz CT molecular complexity index is 1280. The summed E-state index contributed by atoms with van der Waals surface area (Å²) in [6.07, 6.45) is 0.390. The van der Waals surface area contributed by atoms with Gasteiger partial charge in [-0.1, -0.05) is 13.0 Å². The van der Waals surface area contributed by atoms with Gasteiger partial charge in [-0.3, -0.25) is 9.69 Å². The van der Waals surface area contributed by atoms with Crippen LogP contribution in [0.5, 0.6) is 5.75 Å². The molecule has 168 valence electrons. The smallest absolute Gasteiger partial charge is 0.345 e. The minimum Gasteiger partial charge on any atom is -0.506 e. The summed E-state index contributed by atoms with van der Waals surface area (Å²) < 4.78 is 2.20. The minimum atomic E-state index is -1.44. The van der Waals surface area contributed by atoms with Gasteiger partial charge in [0, 0.05) is 54.9 Å². The molecule has 0 radical (unpaired) electrons. The number of rotatable bonds is 6. The molecule has 3 aromatic rings. The normalized spacial score (nSPS) is 22.4. The summed E-state index contributed by atoms with van der Waals surface area (Å²) in [4.78, 5) is 28.9. The highest BCUT2D eigenvalue weighted by atomic mass is 16.4. The van der Waals surface area contributed by atoms with E-state index in [4.69, 9.17) is 0 Å². The number of nitrogens with one attached hydrogen (secondary N) is 2. The molecular weight excluding hydrogens is 408 g/mol. The van der Waals surface area contributed by atoms with Crippen molar-refractivity contribution in [2.75, 3.05) is 20.1 Å². The summed E-state index contributed by atoms with van der Waals surface area (Å²) in [5, 5.41) is 24.2. The van der Waals surface area contributed by atoms with Crippen LogP contribution in [0.3, 0.4) is 0 Å². The number of hydrogen-bond acceptors (Lipinski definition) is 5. The molecule has 0 amide bonds. The number of carbonyl (C=O) groups is 1. The quantitative estimate of drug-likeness (QED) is 0.471. The molecular formula is C24H28N4O4. The van der Waals surface area contributed by atoms with Crippen molar-refractivity contribution in [3.8, 4) is 17.0 Å². The van der Waals surface area contributed by atoms with Gasteiger partial charge in [-0.15, -0.1) is 0 Å². The fraction of sp³-hybridized carbons (Fsp3) is 0.417. The second-order valence-electron chi connectivity index (χ2n) is 8.99. The van der Waals surface area contributed by atoms with E-state index < -0.39 is 22.8 Å². The molecule has 1 aliphatic carbocycles. The predicted octanol–water partition coefficient (Wildman–Crippen LogP) is 2.15. The number of carboxylic acids is 1. The summed E-state index contributed by atoms with van der Waals surface area (Å²) in [6.45, 7) is 4.97. The maximum atomic E-state index is 12.3. The third kappa shape index (κ3) is 3.13. The number of pyridine rings is 1. The largest absolute Gasteiger partial charge is 0.506 e. The van der Waals surface area contributed by atoms with Crippen LogP contribution in [0.1, 0.15) is 28.5 Å². The fourth-order valence-electron chi connectivity index (χ4n) is 5.53. The standard InChI is InChI=1S/C24H28N4O4/c1-4-15-20(26-23(30)19(22(15)29)24(31)32)12-5-6-18-13(7-12)8-14(27(18)3)9-28-10-16-17(11-28)21(16)25-2/h5-8,16-17,21,25H,4,9-11H2,1-3H3,(H,31,32)(H2,26,29,30)/t16-,17+,21?. The van der Waals surface area contributed by atoms with Crippen LogP contribution in [-0.4, -0.2) is 56.8 Å². The molecule has 1 aromatic carbocycles. The highest BCUT2D eigenvalue weighted by Crippen LogP contribution is 2.45. The zero-order chi connectivity index (χ0) is 22.7. The Hall–Kier alpha value is -3.10. The molecule has 1 saturated carbocycles. The van der Waals surface area contributed by atoms with Crippen molar-refractivity contribution in [1.82, 2.24) is 19.8 Å². The summed E-state index contributed by atoms with van der Waals surface area (Å²) in [6, 6.07) is 8.75. The Kier molecular flexibility index (Phi) is 4.87. The van der Waals surface area contributed by atoms with Crippen molar-refractivity contribution >= 4 is 16.9 Å². The van der Waals surface area contributed by atoms with E-state index in [1.165, 1.54) is 5.69 Å². The van der Waals surface area contributed by atoms with E-state index in [-0.39, 0.29) is 0 Å².